The van der Waals surface area contributed by atoms with Crippen LogP contribution in [-0.4, -0.2) is 32.1 Å². The number of hydrogen-bond donors (Lipinski definition) is 1. The average molecular weight is 309 g/mol. The van der Waals surface area contributed by atoms with Crippen molar-refractivity contribution in [2.75, 3.05) is 13.1 Å². The molecular weight excluding hydrogens is 291 g/mol. The highest BCUT2D eigenvalue weighted by Crippen LogP contribution is 2.37. The number of halogens is 3. The Bertz CT molecular complexity index is 498. The van der Waals surface area contributed by atoms with Crippen LogP contribution in [0.1, 0.15) is 31.9 Å². The van der Waals surface area contributed by atoms with Gasteiger partial charge >= 0.3 is 0 Å². The summed E-state index contributed by atoms with van der Waals surface area (Å²) in [5, 5.41) is 4.65. The lowest BCUT2D eigenvalue weighted by Crippen LogP contribution is -2.41. The van der Waals surface area contributed by atoms with Crippen LogP contribution in [0.2, 0.25) is 0 Å². The summed E-state index contributed by atoms with van der Waals surface area (Å²) in [4.78, 5) is -0.203. The molecule has 0 aromatic carbocycles. The van der Waals surface area contributed by atoms with Gasteiger partial charge in [-0.1, -0.05) is 0 Å². The molecule has 0 aliphatic carbocycles. The van der Waals surface area contributed by atoms with Gasteiger partial charge in [-0.2, -0.15) is 5.10 Å². The van der Waals surface area contributed by atoms with Gasteiger partial charge in [-0.05, 0) is 32.9 Å². The van der Waals surface area contributed by atoms with Crippen molar-refractivity contribution in [3.63, 3.8) is 0 Å². The third-order valence-electron chi connectivity index (χ3n) is 3.66. The zero-order valence-corrected chi connectivity index (χ0v) is 12.2. The molecule has 1 N–H and O–H groups in total. The van der Waals surface area contributed by atoms with E-state index in [-0.39, 0.29) is 4.90 Å². The SMILES string of the molecule is Cn1cc(S(=O)C(C)(F)C2CCNCC2)c(C(F)F)n1. The van der Waals surface area contributed by atoms with E-state index >= 15 is 0 Å². The molecule has 1 saturated heterocycles. The number of piperidine rings is 1. The molecule has 2 atom stereocenters. The van der Waals surface area contributed by atoms with Crippen molar-refractivity contribution in [3.8, 4) is 0 Å². The molecule has 8 heteroatoms. The molecular formula is C12H18F3N3OS. The fourth-order valence-corrected chi connectivity index (χ4v) is 4.02. The van der Waals surface area contributed by atoms with Gasteiger partial charge in [0.25, 0.3) is 6.43 Å². The van der Waals surface area contributed by atoms with E-state index in [0.717, 1.165) is 4.68 Å². The second-order valence-corrected chi connectivity index (χ2v) is 6.91. The normalized spacial score (nSPS) is 21.9. The van der Waals surface area contributed by atoms with Crippen LogP contribution in [0.25, 0.3) is 0 Å². The molecule has 4 nitrogen and oxygen atoms in total. The van der Waals surface area contributed by atoms with Gasteiger partial charge in [0, 0.05) is 19.2 Å². The van der Waals surface area contributed by atoms with E-state index in [0.29, 0.717) is 25.9 Å². The van der Waals surface area contributed by atoms with Gasteiger partial charge in [-0.15, -0.1) is 0 Å². The smallest absolute Gasteiger partial charge is 0.283 e. The molecule has 1 aromatic rings. The third-order valence-corrected chi connectivity index (χ3v) is 5.43. The Balaban J connectivity index is 2.29. The molecule has 1 fully saturated rings. The van der Waals surface area contributed by atoms with Crippen molar-refractivity contribution >= 4 is 10.8 Å². The molecule has 0 amide bonds. The van der Waals surface area contributed by atoms with Gasteiger partial charge < -0.3 is 5.32 Å². The highest BCUT2D eigenvalue weighted by atomic mass is 32.2. The second-order valence-electron chi connectivity index (χ2n) is 5.13. The maximum Gasteiger partial charge on any atom is 0.283 e. The molecule has 0 spiro atoms. The van der Waals surface area contributed by atoms with E-state index < -0.39 is 33.8 Å². The number of hydrogen-bond acceptors (Lipinski definition) is 3. The molecule has 114 valence electrons. The molecule has 2 rings (SSSR count). The summed E-state index contributed by atoms with van der Waals surface area (Å²) in [7, 11) is -0.709. The summed E-state index contributed by atoms with van der Waals surface area (Å²) in [5.74, 6) is -0.407. The largest absolute Gasteiger partial charge is 0.317 e. The van der Waals surface area contributed by atoms with Gasteiger partial charge in [0.15, 0.2) is 5.00 Å². The molecule has 20 heavy (non-hydrogen) atoms. The van der Waals surface area contributed by atoms with Crippen molar-refractivity contribution in [1.82, 2.24) is 15.1 Å². The highest BCUT2D eigenvalue weighted by Gasteiger charge is 2.43. The Morgan fingerprint density at radius 3 is 2.65 bits per heavy atom. The van der Waals surface area contributed by atoms with Crippen LogP contribution in [0.5, 0.6) is 0 Å². The van der Waals surface area contributed by atoms with Gasteiger partial charge in [0.2, 0.25) is 0 Å². The van der Waals surface area contributed by atoms with Crippen LogP contribution in [0, 0.1) is 5.92 Å². The Labute approximate surface area is 118 Å². The lowest BCUT2D eigenvalue weighted by Gasteiger charge is -2.32. The lowest BCUT2D eigenvalue weighted by molar-refractivity contribution is 0.141. The van der Waals surface area contributed by atoms with E-state index in [9.17, 15) is 17.4 Å². The summed E-state index contributed by atoms with van der Waals surface area (Å²) < 4.78 is 54.3. The standard InChI is InChI=1S/C12H18F3N3OS/c1-12(15,8-3-5-16-6-4-8)20(19)9-7-18(2)17-10(9)11(13)14/h7-8,11,16H,3-6H2,1-2H3. The molecule has 1 aromatic heterocycles. The fourth-order valence-electron chi connectivity index (χ4n) is 2.48. The summed E-state index contributed by atoms with van der Waals surface area (Å²) in [6.45, 7) is 2.54. The van der Waals surface area contributed by atoms with E-state index in [4.69, 9.17) is 0 Å². The number of rotatable bonds is 4. The molecule has 2 unspecified atom stereocenters. The molecule has 1 aliphatic rings. The average Bonchev–Trinajstić information content (AvgIpc) is 2.81. The van der Waals surface area contributed by atoms with E-state index in [1.54, 1.807) is 0 Å². The van der Waals surface area contributed by atoms with E-state index in [1.165, 1.54) is 20.2 Å². The minimum Gasteiger partial charge on any atom is -0.317 e. The predicted molar refractivity (Wildman–Crippen MR) is 69.7 cm³/mol. The molecule has 1 aliphatic heterocycles. The van der Waals surface area contributed by atoms with Crippen molar-refractivity contribution in [2.45, 2.75) is 36.1 Å². The van der Waals surface area contributed by atoms with Gasteiger partial charge in [0.05, 0.1) is 15.7 Å². The lowest BCUT2D eigenvalue weighted by atomic mass is 9.93. The maximum atomic E-state index is 14.9. The minimum atomic E-state index is -2.86. The fraction of sp³-hybridized carbons (Fsp3) is 0.750. The summed E-state index contributed by atoms with van der Waals surface area (Å²) in [6.07, 6.45) is -0.554. The molecule has 0 saturated carbocycles. The minimum absolute atomic E-state index is 0.203. The van der Waals surface area contributed by atoms with Crippen molar-refractivity contribution in [2.24, 2.45) is 13.0 Å². The number of alkyl halides is 3. The molecule has 0 bridgehead atoms. The Morgan fingerprint density at radius 2 is 2.10 bits per heavy atom. The van der Waals surface area contributed by atoms with Crippen LogP contribution < -0.4 is 5.32 Å². The predicted octanol–water partition coefficient (Wildman–Crippen LogP) is 2.15. The molecule has 0 radical (unpaired) electrons. The monoisotopic (exact) mass is 309 g/mol. The quantitative estimate of drug-likeness (QED) is 0.927. The van der Waals surface area contributed by atoms with Crippen molar-refractivity contribution in [3.05, 3.63) is 11.9 Å². The Kier molecular flexibility index (Phi) is 4.53. The Hall–Kier alpha value is -0.890. The summed E-state index contributed by atoms with van der Waals surface area (Å²) >= 11 is 0. The first-order valence-corrected chi connectivity index (χ1v) is 7.62. The van der Waals surface area contributed by atoms with Crippen molar-refractivity contribution in [1.29, 1.82) is 0 Å². The number of nitrogens with one attached hydrogen (secondary N) is 1. The first kappa shape index (κ1) is 15.5. The van der Waals surface area contributed by atoms with Crippen LogP contribution >= 0.6 is 0 Å². The summed E-state index contributed by atoms with van der Waals surface area (Å²) in [6, 6.07) is 0. The number of nitrogens with zero attached hydrogens (tertiary/aromatic N) is 2. The highest BCUT2D eigenvalue weighted by molar-refractivity contribution is 7.86. The van der Waals surface area contributed by atoms with E-state index in [1.807, 2.05) is 0 Å². The van der Waals surface area contributed by atoms with Gasteiger partial charge in [-0.25, -0.2) is 13.2 Å². The van der Waals surface area contributed by atoms with Crippen LogP contribution in [-0.2, 0) is 17.8 Å². The first-order chi connectivity index (χ1) is 9.34. The van der Waals surface area contributed by atoms with Gasteiger partial charge in [-0.3, -0.25) is 8.89 Å². The third kappa shape index (κ3) is 2.90. The number of aromatic nitrogens is 2. The van der Waals surface area contributed by atoms with E-state index in [2.05, 4.69) is 10.4 Å². The maximum absolute atomic E-state index is 14.9. The van der Waals surface area contributed by atoms with Crippen LogP contribution in [0.15, 0.2) is 11.1 Å². The van der Waals surface area contributed by atoms with Gasteiger partial charge in [0.1, 0.15) is 5.69 Å². The van der Waals surface area contributed by atoms with Crippen molar-refractivity contribution < 1.29 is 17.4 Å². The Morgan fingerprint density at radius 1 is 1.50 bits per heavy atom. The van der Waals surface area contributed by atoms with Crippen LogP contribution in [0.3, 0.4) is 0 Å². The summed E-state index contributed by atoms with van der Waals surface area (Å²) in [5.41, 5.74) is -0.594. The molecule has 2 heterocycles. The topological polar surface area (TPSA) is 46.9 Å². The first-order valence-electron chi connectivity index (χ1n) is 6.47. The van der Waals surface area contributed by atoms with Crippen LogP contribution in [0.4, 0.5) is 13.2 Å². The second kappa shape index (κ2) is 5.85. The zero-order chi connectivity index (χ0) is 14.9. The number of aryl methyl sites for hydroxylation is 1. The zero-order valence-electron chi connectivity index (χ0n) is 11.4.